The number of hydrogen-bond acceptors (Lipinski definition) is 5. The molecule has 1 N–H and O–H groups in total. The Hall–Kier alpha value is -2.37. The SMILES string of the molecule is CCN(CC)CCC[C@H](C)Nc1nc(-c2ccc(OC)cc2)nc2cc(Cl)ccc12. The van der Waals surface area contributed by atoms with Crippen LogP contribution in [0.3, 0.4) is 0 Å². The van der Waals surface area contributed by atoms with E-state index in [-0.39, 0.29) is 0 Å². The van der Waals surface area contributed by atoms with E-state index in [1.54, 1.807) is 7.11 Å². The van der Waals surface area contributed by atoms with Gasteiger partial charge in [-0.25, -0.2) is 9.97 Å². The van der Waals surface area contributed by atoms with Crippen molar-refractivity contribution in [3.05, 3.63) is 47.5 Å². The van der Waals surface area contributed by atoms with Crippen LogP contribution in [0.25, 0.3) is 22.3 Å². The van der Waals surface area contributed by atoms with Gasteiger partial charge in [0.05, 0.1) is 12.6 Å². The second-order valence-corrected chi connectivity index (χ2v) is 7.94. The number of nitrogens with one attached hydrogen (secondary N) is 1. The molecule has 0 fully saturated rings. The van der Waals surface area contributed by atoms with Gasteiger partial charge in [0, 0.05) is 22.0 Å². The Labute approximate surface area is 184 Å². The lowest BCUT2D eigenvalue weighted by Crippen LogP contribution is -2.25. The van der Waals surface area contributed by atoms with E-state index in [4.69, 9.17) is 26.3 Å². The molecule has 6 heteroatoms. The number of aromatic nitrogens is 2. The molecule has 1 aromatic heterocycles. The van der Waals surface area contributed by atoms with Crippen molar-refractivity contribution in [2.45, 2.75) is 39.7 Å². The third-order valence-corrected chi connectivity index (χ3v) is 5.63. The van der Waals surface area contributed by atoms with E-state index < -0.39 is 0 Å². The maximum absolute atomic E-state index is 6.24. The van der Waals surface area contributed by atoms with E-state index in [0.29, 0.717) is 16.9 Å². The van der Waals surface area contributed by atoms with Gasteiger partial charge in [0.2, 0.25) is 0 Å². The first-order valence-electron chi connectivity index (χ1n) is 10.6. The summed E-state index contributed by atoms with van der Waals surface area (Å²) < 4.78 is 5.26. The molecule has 0 saturated heterocycles. The fourth-order valence-corrected chi connectivity index (χ4v) is 3.71. The third-order valence-electron chi connectivity index (χ3n) is 5.40. The van der Waals surface area contributed by atoms with Crippen molar-refractivity contribution in [3.63, 3.8) is 0 Å². The van der Waals surface area contributed by atoms with E-state index in [1.807, 2.05) is 42.5 Å². The Balaban J connectivity index is 1.84. The highest BCUT2D eigenvalue weighted by molar-refractivity contribution is 6.31. The summed E-state index contributed by atoms with van der Waals surface area (Å²) in [6.45, 7) is 9.95. The average molecular weight is 427 g/mol. The molecule has 0 bridgehead atoms. The lowest BCUT2D eigenvalue weighted by molar-refractivity contribution is 0.295. The number of halogens is 1. The van der Waals surface area contributed by atoms with Gasteiger partial charge >= 0.3 is 0 Å². The maximum Gasteiger partial charge on any atom is 0.162 e. The highest BCUT2D eigenvalue weighted by Crippen LogP contribution is 2.28. The summed E-state index contributed by atoms with van der Waals surface area (Å²) in [5.41, 5.74) is 1.77. The summed E-state index contributed by atoms with van der Waals surface area (Å²) in [6, 6.07) is 13.9. The number of anilines is 1. The van der Waals surface area contributed by atoms with E-state index in [9.17, 15) is 0 Å². The Morgan fingerprint density at radius 2 is 1.80 bits per heavy atom. The van der Waals surface area contributed by atoms with Crippen LogP contribution < -0.4 is 10.1 Å². The van der Waals surface area contributed by atoms with Crippen LogP contribution >= 0.6 is 11.6 Å². The monoisotopic (exact) mass is 426 g/mol. The van der Waals surface area contributed by atoms with Crippen molar-refractivity contribution in [2.24, 2.45) is 0 Å². The number of nitrogens with zero attached hydrogens (tertiary/aromatic N) is 3. The van der Waals surface area contributed by atoms with Gasteiger partial charge in [-0.05, 0) is 81.9 Å². The molecule has 3 aromatic rings. The van der Waals surface area contributed by atoms with Crippen LogP contribution in [0, 0.1) is 0 Å². The zero-order valence-electron chi connectivity index (χ0n) is 18.3. The fraction of sp³-hybridized carbons (Fsp3) is 0.417. The zero-order chi connectivity index (χ0) is 21.5. The highest BCUT2D eigenvalue weighted by atomic mass is 35.5. The molecule has 160 valence electrons. The summed E-state index contributed by atoms with van der Waals surface area (Å²) in [5, 5.41) is 5.26. The molecule has 1 heterocycles. The molecule has 0 spiro atoms. The minimum atomic E-state index is 0.304. The highest BCUT2D eigenvalue weighted by Gasteiger charge is 2.13. The van der Waals surface area contributed by atoms with Gasteiger partial charge in [-0.3, -0.25) is 0 Å². The van der Waals surface area contributed by atoms with Crippen LogP contribution in [-0.4, -0.2) is 47.7 Å². The average Bonchev–Trinajstić information content (AvgIpc) is 2.76. The van der Waals surface area contributed by atoms with Gasteiger partial charge in [-0.1, -0.05) is 25.4 Å². The molecule has 5 nitrogen and oxygen atoms in total. The zero-order valence-corrected chi connectivity index (χ0v) is 19.0. The smallest absolute Gasteiger partial charge is 0.162 e. The standard InChI is InChI=1S/C24H31ClN4O/c1-5-29(6-2)15-7-8-17(3)26-24-21-14-11-19(25)16-22(21)27-23(28-24)18-9-12-20(30-4)13-10-18/h9-14,16-17H,5-8,15H2,1-4H3,(H,26,27,28)/t17-/m0/s1. The Bertz CT molecular complexity index is 957. The van der Waals surface area contributed by atoms with Crippen LogP contribution in [0.4, 0.5) is 5.82 Å². The van der Waals surface area contributed by atoms with E-state index in [0.717, 1.165) is 60.5 Å². The van der Waals surface area contributed by atoms with Gasteiger partial charge in [0.15, 0.2) is 5.82 Å². The molecule has 1 atom stereocenters. The second-order valence-electron chi connectivity index (χ2n) is 7.50. The van der Waals surface area contributed by atoms with Gasteiger partial charge < -0.3 is 15.0 Å². The Morgan fingerprint density at radius 1 is 1.07 bits per heavy atom. The first kappa shape index (κ1) is 22.3. The molecule has 3 rings (SSSR count). The number of rotatable bonds is 10. The predicted octanol–water partition coefficient (Wildman–Crippen LogP) is 5.88. The first-order valence-corrected chi connectivity index (χ1v) is 11.0. The number of benzene rings is 2. The molecular weight excluding hydrogens is 396 g/mol. The minimum Gasteiger partial charge on any atom is -0.497 e. The van der Waals surface area contributed by atoms with Gasteiger partial charge in [0.25, 0.3) is 0 Å². The lowest BCUT2D eigenvalue weighted by atomic mass is 10.1. The molecule has 2 aromatic carbocycles. The normalized spacial score (nSPS) is 12.3. The van der Waals surface area contributed by atoms with Crippen LogP contribution in [-0.2, 0) is 0 Å². The van der Waals surface area contributed by atoms with Crippen LogP contribution in [0.15, 0.2) is 42.5 Å². The van der Waals surface area contributed by atoms with E-state index in [2.05, 4.69) is 31.0 Å². The number of methoxy groups -OCH3 is 1. The molecule has 0 aliphatic rings. The first-order chi connectivity index (χ1) is 14.5. The molecule has 0 saturated carbocycles. The maximum atomic E-state index is 6.24. The summed E-state index contributed by atoms with van der Waals surface area (Å²) in [6.07, 6.45) is 2.23. The van der Waals surface area contributed by atoms with Gasteiger partial charge in [0.1, 0.15) is 11.6 Å². The minimum absolute atomic E-state index is 0.304. The fourth-order valence-electron chi connectivity index (χ4n) is 3.55. The van der Waals surface area contributed by atoms with Gasteiger partial charge in [-0.2, -0.15) is 0 Å². The lowest BCUT2D eigenvalue weighted by Gasteiger charge is -2.20. The molecule has 0 aliphatic carbocycles. The van der Waals surface area contributed by atoms with Crippen molar-refractivity contribution in [1.82, 2.24) is 14.9 Å². The number of fused-ring (bicyclic) bond motifs is 1. The Kier molecular flexibility index (Phi) is 7.88. The molecule has 30 heavy (non-hydrogen) atoms. The van der Waals surface area contributed by atoms with Crippen molar-refractivity contribution in [1.29, 1.82) is 0 Å². The molecule has 0 unspecified atom stereocenters. The summed E-state index contributed by atoms with van der Waals surface area (Å²) >= 11 is 6.24. The summed E-state index contributed by atoms with van der Waals surface area (Å²) in [7, 11) is 1.66. The molecule has 0 aliphatic heterocycles. The van der Waals surface area contributed by atoms with Crippen molar-refractivity contribution in [2.75, 3.05) is 32.1 Å². The molecule has 0 amide bonds. The largest absolute Gasteiger partial charge is 0.497 e. The number of ether oxygens (including phenoxy) is 1. The predicted molar refractivity (Wildman–Crippen MR) is 127 cm³/mol. The van der Waals surface area contributed by atoms with Crippen LogP contribution in [0.5, 0.6) is 5.75 Å². The Morgan fingerprint density at radius 3 is 2.47 bits per heavy atom. The second kappa shape index (κ2) is 10.6. The molecule has 0 radical (unpaired) electrons. The quantitative estimate of drug-likeness (QED) is 0.438. The van der Waals surface area contributed by atoms with Gasteiger partial charge in [-0.15, -0.1) is 0 Å². The van der Waals surface area contributed by atoms with Crippen molar-refractivity contribution in [3.8, 4) is 17.1 Å². The number of hydrogen-bond donors (Lipinski definition) is 1. The van der Waals surface area contributed by atoms with Crippen LogP contribution in [0.2, 0.25) is 5.02 Å². The molecular formula is C24H31ClN4O. The van der Waals surface area contributed by atoms with Crippen molar-refractivity contribution < 1.29 is 4.74 Å². The van der Waals surface area contributed by atoms with E-state index >= 15 is 0 Å². The third kappa shape index (κ3) is 5.61. The van der Waals surface area contributed by atoms with E-state index in [1.165, 1.54) is 0 Å². The summed E-state index contributed by atoms with van der Waals surface area (Å²) in [5.74, 6) is 2.32. The topological polar surface area (TPSA) is 50.3 Å². The summed E-state index contributed by atoms with van der Waals surface area (Å²) in [4.78, 5) is 12.1. The van der Waals surface area contributed by atoms with Crippen molar-refractivity contribution >= 4 is 28.3 Å². The van der Waals surface area contributed by atoms with Crippen LogP contribution in [0.1, 0.15) is 33.6 Å².